The molecule has 0 saturated heterocycles. The van der Waals surface area contributed by atoms with Crippen LogP contribution in [0.1, 0.15) is 49.7 Å². The molecule has 1 fully saturated rings. The number of para-hydroxylation sites is 1. The van der Waals surface area contributed by atoms with Gasteiger partial charge in [0.2, 0.25) is 10.0 Å². The van der Waals surface area contributed by atoms with E-state index >= 15 is 0 Å². The number of amides is 1. The molecule has 180 valence electrons. The Hall–Kier alpha value is -3.22. The molecule has 0 spiro atoms. The second kappa shape index (κ2) is 11.8. The predicted molar refractivity (Wildman–Crippen MR) is 127 cm³/mol. The maximum absolute atomic E-state index is 13.2. The summed E-state index contributed by atoms with van der Waals surface area (Å²) in [6.07, 6.45) is 5.25. The van der Waals surface area contributed by atoms with Crippen LogP contribution in [0, 0.1) is 11.3 Å². The first-order chi connectivity index (χ1) is 16.3. The molecule has 2 aromatic carbocycles. The van der Waals surface area contributed by atoms with Crippen LogP contribution < -0.4 is 5.32 Å². The molecule has 0 radical (unpaired) electrons. The lowest BCUT2D eigenvalue weighted by Crippen LogP contribution is -2.38. The lowest BCUT2D eigenvalue weighted by atomic mass is 9.96. The van der Waals surface area contributed by atoms with Gasteiger partial charge in [0.15, 0.2) is 6.61 Å². The van der Waals surface area contributed by atoms with Gasteiger partial charge in [-0.25, -0.2) is 8.42 Å². The van der Waals surface area contributed by atoms with Crippen molar-refractivity contribution in [1.82, 2.24) is 4.31 Å². The first-order valence-corrected chi connectivity index (χ1v) is 12.8. The number of aryl methyl sites for hydroxylation is 1. The number of nitriles is 1. The molecule has 0 aliphatic heterocycles. The lowest BCUT2D eigenvalue weighted by Gasteiger charge is -2.30. The minimum Gasteiger partial charge on any atom is -0.456 e. The standard InChI is InChI=1S/C25H29N3O5S/c1-28(21-7-3-2-4-8-21)34(31,32)23-10-6-5-9-22(23)27-24(29)18-33-25(30)16-15-19-11-13-20(17-26)14-12-19/h5-6,9-14,21H,2-4,7-8,15-16,18H2,1H3,(H,27,29). The molecule has 1 saturated carbocycles. The van der Waals surface area contributed by atoms with Crippen molar-refractivity contribution < 1.29 is 22.7 Å². The van der Waals surface area contributed by atoms with E-state index in [1.54, 1.807) is 43.4 Å². The molecule has 1 aliphatic rings. The van der Waals surface area contributed by atoms with Crippen LogP contribution >= 0.6 is 0 Å². The van der Waals surface area contributed by atoms with Gasteiger partial charge in [0.1, 0.15) is 4.90 Å². The molecule has 0 aromatic heterocycles. The molecule has 0 unspecified atom stereocenters. The number of anilines is 1. The van der Waals surface area contributed by atoms with Gasteiger partial charge < -0.3 is 10.1 Å². The van der Waals surface area contributed by atoms with Crippen LogP contribution in [0.3, 0.4) is 0 Å². The summed E-state index contributed by atoms with van der Waals surface area (Å²) in [4.78, 5) is 24.4. The van der Waals surface area contributed by atoms with Crippen molar-refractivity contribution in [3.05, 3.63) is 59.7 Å². The summed E-state index contributed by atoms with van der Waals surface area (Å²) in [6.45, 7) is -0.515. The first-order valence-electron chi connectivity index (χ1n) is 11.3. The van der Waals surface area contributed by atoms with Gasteiger partial charge >= 0.3 is 5.97 Å². The molecule has 8 nitrogen and oxygen atoms in total. The molecular formula is C25H29N3O5S. The number of carbonyl (C=O) groups is 2. The number of nitrogens with zero attached hydrogens (tertiary/aromatic N) is 2. The molecule has 34 heavy (non-hydrogen) atoms. The van der Waals surface area contributed by atoms with Gasteiger partial charge in [0.25, 0.3) is 5.91 Å². The van der Waals surface area contributed by atoms with Crippen LogP contribution in [0.15, 0.2) is 53.4 Å². The molecular weight excluding hydrogens is 454 g/mol. The van der Waals surface area contributed by atoms with E-state index in [1.165, 1.54) is 16.4 Å². The molecule has 1 aliphatic carbocycles. The molecule has 0 heterocycles. The van der Waals surface area contributed by atoms with Gasteiger partial charge in [-0.2, -0.15) is 9.57 Å². The summed E-state index contributed by atoms with van der Waals surface area (Å²) < 4.78 is 32.9. The third-order valence-corrected chi connectivity index (χ3v) is 7.94. The third kappa shape index (κ3) is 6.65. The van der Waals surface area contributed by atoms with E-state index in [4.69, 9.17) is 10.00 Å². The first kappa shape index (κ1) is 25.4. The predicted octanol–water partition coefficient (Wildman–Crippen LogP) is 3.63. The van der Waals surface area contributed by atoms with E-state index in [9.17, 15) is 18.0 Å². The third-order valence-electron chi connectivity index (χ3n) is 5.97. The Bertz CT molecular complexity index is 1150. The number of ether oxygens (including phenoxy) is 1. The van der Waals surface area contributed by atoms with Gasteiger partial charge in [-0.15, -0.1) is 0 Å². The van der Waals surface area contributed by atoms with Crippen LogP contribution in [0.2, 0.25) is 0 Å². The number of carbonyl (C=O) groups excluding carboxylic acids is 2. The molecule has 0 atom stereocenters. The van der Waals surface area contributed by atoms with Crippen molar-refractivity contribution in [3.63, 3.8) is 0 Å². The van der Waals surface area contributed by atoms with Gasteiger partial charge in [-0.3, -0.25) is 9.59 Å². The Morgan fingerprint density at radius 1 is 1.09 bits per heavy atom. The van der Waals surface area contributed by atoms with E-state index in [-0.39, 0.29) is 23.0 Å². The number of sulfonamides is 1. The highest BCUT2D eigenvalue weighted by Crippen LogP contribution is 2.29. The van der Waals surface area contributed by atoms with Crippen LogP contribution in [-0.4, -0.2) is 44.3 Å². The van der Waals surface area contributed by atoms with Crippen molar-refractivity contribution in [2.75, 3.05) is 19.0 Å². The zero-order valence-electron chi connectivity index (χ0n) is 19.2. The smallest absolute Gasteiger partial charge is 0.306 e. The minimum atomic E-state index is -3.80. The van der Waals surface area contributed by atoms with Crippen molar-refractivity contribution in [2.24, 2.45) is 0 Å². The van der Waals surface area contributed by atoms with E-state index in [0.717, 1.165) is 37.7 Å². The van der Waals surface area contributed by atoms with Crippen molar-refractivity contribution in [2.45, 2.75) is 55.9 Å². The maximum Gasteiger partial charge on any atom is 0.306 e. The normalized spacial score (nSPS) is 14.4. The van der Waals surface area contributed by atoms with E-state index in [2.05, 4.69) is 5.32 Å². The Morgan fingerprint density at radius 2 is 1.76 bits per heavy atom. The summed E-state index contributed by atoms with van der Waals surface area (Å²) in [5, 5.41) is 11.4. The monoisotopic (exact) mass is 483 g/mol. The zero-order chi connectivity index (χ0) is 24.6. The van der Waals surface area contributed by atoms with Crippen LogP contribution in [0.4, 0.5) is 5.69 Å². The fourth-order valence-electron chi connectivity index (χ4n) is 3.99. The number of nitrogens with one attached hydrogen (secondary N) is 1. The fourth-order valence-corrected chi connectivity index (χ4v) is 5.55. The molecule has 1 N–H and O–H groups in total. The highest BCUT2D eigenvalue weighted by atomic mass is 32.2. The Balaban J connectivity index is 1.55. The van der Waals surface area contributed by atoms with Gasteiger partial charge in [-0.1, -0.05) is 43.5 Å². The maximum atomic E-state index is 13.2. The van der Waals surface area contributed by atoms with Gasteiger partial charge in [0.05, 0.1) is 17.3 Å². The summed E-state index contributed by atoms with van der Waals surface area (Å²) >= 11 is 0. The SMILES string of the molecule is CN(C1CCCCC1)S(=O)(=O)c1ccccc1NC(=O)COC(=O)CCc1ccc(C#N)cc1. The highest BCUT2D eigenvalue weighted by molar-refractivity contribution is 7.89. The van der Waals surface area contributed by atoms with Crippen LogP contribution in [0.5, 0.6) is 0 Å². The van der Waals surface area contributed by atoms with E-state index in [0.29, 0.717) is 12.0 Å². The fraction of sp³-hybridized carbons (Fsp3) is 0.400. The topological polar surface area (TPSA) is 117 Å². The average Bonchev–Trinajstić information content (AvgIpc) is 2.86. The highest BCUT2D eigenvalue weighted by Gasteiger charge is 2.31. The molecule has 3 rings (SSSR count). The van der Waals surface area contributed by atoms with E-state index < -0.39 is 28.5 Å². The van der Waals surface area contributed by atoms with E-state index in [1.807, 2.05) is 6.07 Å². The van der Waals surface area contributed by atoms with Crippen LogP contribution in [0.25, 0.3) is 0 Å². The second-order valence-electron chi connectivity index (χ2n) is 8.33. The molecule has 2 aromatic rings. The van der Waals surface area contributed by atoms with Crippen molar-refractivity contribution in [3.8, 4) is 6.07 Å². The van der Waals surface area contributed by atoms with Gasteiger partial charge in [0, 0.05) is 19.5 Å². The lowest BCUT2D eigenvalue weighted by molar-refractivity contribution is -0.147. The Morgan fingerprint density at radius 3 is 2.44 bits per heavy atom. The van der Waals surface area contributed by atoms with Crippen molar-refractivity contribution in [1.29, 1.82) is 5.26 Å². The zero-order valence-corrected chi connectivity index (χ0v) is 20.0. The summed E-state index contributed by atoms with van der Waals surface area (Å²) in [6, 6.07) is 15.1. The summed E-state index contributed by atoms with van der Waals surface area (Å²) in [5.74, 6) is -1.16. The number of hydrogen-bond acceptors (Lipinski definition) is 6. The Labute approximate surface area is 200 Å². The van der Waals surface area contributed by atoms with Crippen molar-refractivity contribution >= 4 is 27.6 Å². The molecule has 9 heteroatoms. The Kier molecular flexibility index (Phi) is 8.79. The second-order valence-corrected chi connectivity index (χ2v) is 10.3. The summed E-state index contributed by atoms with van der Waals surface area (Å²) in [5.41, 5.74) is 1.57. The quantitative estimate of drug-likeness (QED) is 0.545. The summed E-state index contributed by atoms with van der Waals surface area (Å²) in [7, 11) is -2.22. The number of hydrogen-bond donors (Lipinski definition) is 1. The average molecular weight is 484 g/mol. The number of rotatable bonds is 9. The largest absolute Gasteiger partial charge is 0.456 e. The number of esters is 1. The number of benzene rings is 2. The molecule has 1 amide bonds. The molecule has 0 bridgehead atoms. The minimum absolute atomic E-state index is 0.0172. The van der Waals surface area contributed by atoms with Crippen LogP contribution in [-0.2, 0) is 30.8 Å². The van der Waals surface area contributed by atoms with Gasteiger partial charge in [-0.05, 0) is 49.1 Å².